The molecule has 0 aliphatic rings. The second kappa shape index (κ2) is 6.29. The first kappa shape index (κ1) is 13.5. The molecule has 1 N–H and O–H groups in total. The van der Waals surface area contributed by atoms with Crippen LogP contribution in [0.25, 0.3) is 0 Å². The highest BCUT2D eigenvalue weighted by molar-refractivity contribution is 5.21. The zero-order valence-corrected chi connectivity index (χ0v) is 11.2. The Morgan fingerprint density at radius 2 is 1.89 bits per heavy atom. The van der Waals surface area contributed by atoms with Gasteiger partial charge in [0.25, 0.3) is 0 Å². The summed E-state index contributed by atoms with van der Waals surface area (Å²) in [6, 6.07) is 11.3. The first-order chi connectivity index (χ1) is 9.15. The molecule has 0 aliphatic heterocycles. The first-order valence-electron chi connectivity index (χ1n) is 6.35. The van der Waals surface area contributed by atoms with E-state index in [9.17, 15) is 5.11 Å². The number of benzene rings is 1. The first-order valence-corrected chi connectivity index (χ1v) is 6.35. The summed E-state index contributed by atoms with van der Waals surface area (Å²) in [5.74, 6) is 0.542. The molecule has 1 aromatic heterocycles. The van der Waals surface area contributed by atoms with Crippen LogP contribution in [0.15, 0.2) is 42.7 Å². The maximum Gasteiger partial charge on any atom is 0.216 e. The van der Waals surface area contributed by atoms with Gasteiger partial charge >= 0.3 is 0 Å². The molecule has 4 heteroatoms. The van der Waals surface area contributed by atoms with Crippen LogP contribution < -0.4 is 4.74 Å². The van der Waals surface area contributed by atoms with Crippen LogP contribution in [-0.4, -0.2) is 21.2 Å². The van der Waals surface area contributed by atoms with E-state index in [1.807, 2.05) is 44.2 Å². The van der Waals surface area contributed by atoms with Gasteiger partial charge in [-0.25, -0.2) is 9.97 Å². The normalized spacial score (nSPS) is 12.4. The molecule has 19 heavy (non-hydrogen) atoms. The largest absolute Gasteiger partial charge is 0.475 e. The van der Waals surface area contributed by atoms with E-state index in [0.29, 0.717) is 12.3 Å². The van der Waals surface area contributed by atoms with Gasteiger partial charge in [0.1, 0.15) is 6.33 Å². The summed E-state index contributed by atoms with van der Waals surface area (Å²) in [4.78, 5) is 8.21. The van der Waals surface area contributed by atoms with Crippen LogP contribution in [0.5, 0.6) is 5.88 Å². The highest BCUT2D eigenvalue weighted by Crippen LogP contribution is 2.18. The predicted molar refractivity (Wildman–Crippen MR) is 72.9 cm³/mol. The average Bonchev–Trinajstić information content (AvgIpc) is 2.39. The van der Waals surface area contributed by atoms with Crippen molar-refractivity contribution in [2.45, 2.75) is 32.5 Å². The molecule has 2 aromatic rings. The highest BCUT2D eigenvalue weighted by Gasteiger charge is 2.10. The summed E-state index contributed by atoms with van der Waals surface area (Å²) >= 11 is 0. The fraction of sp³-hybridized carbons (Fsp3) is 0.333. The van der Waals surface area contributed by atoms with Crippen LogP contribution in [0.2, 0.25) is 0 Å². The Bertz CT molecular complexity index is 515. The van der Waals surface area contributed by atoms with E-state index in [1.165, 1.54) is 6.33 Å². The standard InChI is InChI=1S/C15H18N2O2/c1-11(2)19-15-9-13(16-10-17-15)8-14(18)12-6-4-3-5-7-12/h3-7,9-11,14,18H,8H2,1-2H3. The number of ether oxygens (including phenoxy) is 1. The van der Waals surface area contributed by atoms with E-state index in [0.717, 1.165) is 11.3 Å². The lowest BCUT2D eigenvalue weighted by Gasteiger charge is -2.12. The number of hydrogen-bond donors (Lipinski definition) is 1. The summed E-state index contributed by atoms with van der Waals surface area (Å²) in [7, 11) is 0. The minimum atomic E-state index is -0.567. The highest BCUT2D eigenvalue weighted by atomic mass is 16.5. The second-order valence-electron chi connectivity index (χ2n) is 4.64. The van der Waals surface area contributed by atoms with Gasteiger partial charge in [-0.15, -0.1) is 0 Å². The molecule has 4 nitrogen and oxygen atoms in total. The quantitative estimate of drug-likeness (QED) is 0.895. The molecule has 1 atom stereocenters. The van der Waals surface area contributed by atoms with E-state index in [4.69, 9.17) is 4.74 Å². The number of nitrogens with zero attached hydrogens (tertiary/aromatic N) is 2. The Balaban J connectivity index is 2.06. The summed E-state index contributed by atoms with van der Waals surface area (Å²) in [6.45, 7) is 3.89. The SMILES string of the molecule is CC(C)Oc1cc(CC(O)c2ccccc2)ncn1. The van der Waals surface area contributed by atoms with Crippen molar-refractivity contribution in [3.05, 3.63) is 54.0 Å². The van der Waals surface area contributed by atoms with Crippen LogP contribution in [0.3, 0.4) is 0 Å². The van der Waals surface area contributed by atoms with Crippen LogP contribution in [-0.2, 0) is 6.42 Å². The van der Waals surface area contributed by atoms with E-state index in [1.54, 1.807) is 6.07 Å². The van der Waals surface area contributed by atoms with Crippen LogP contribution >= 0.6 is 0 Å². The van der Waals surface area contributed by atoms with E-state index in [2.05, 4.69) is 9.97 Å². The minimum absolute atomic E-state index is 0.0711. The Hall–Kier alpha value is -1.94. The number of aliphatic hydroxyl groups excluding tert-OH is 1. The second-order valence-corrected chi connectivity index (χ2v) is 4.64. The molecular formula is C15H18N2O2. The molecule has 1 heterocycles. The molecule has 0 aliphatic carbocycles. The third-order valence-electron chi connectivity index (χ3n) is 2.64. The fourth-order valence-corrected chi connectivity index (χ4v) is 1.79. The molecule has 0 saturated heterocycles. The van der Waals surface area contributed by atoms with Crippen molar-refractivity contribution in [3.8, 4) is 5.88 Å². The van der Waals surface area contributed by atoms with Gasteiger partial charge in [-0.3, -0.25) is 0 Å². The summed E-state index contributed by atoms with van der Waals surface area (Å²) in [5.41, 5.74) is 1.65. The van der Waals surface area contributed by atoms with Crippen molar-refractivity contribution >= 4 is 0 Å². The number of rotatable bonds is 5. The summed E-state index contributed by atoms with van der Waals surface area (Å²) in [6.07, 6.45) is 1.41. The van der Waals surface area contributed by atoms with Gasteiger partial charge in [0.05, 0.1) is 17.9 Å². The monoisotopic (exact) mass is 258 g/mol. The zero-order chi connectivity index (χ0) is 13.7. The lowest BCUT2D eigenvalue weighted by atomic mass is 10.1. The maximum absolute atomic E-state index is 10.1. The maximum atomic E-state index is 10.1. The zero-order valence-electron chi connectivity index (χ0n) is 11.2. The molecule has 0 bridgehead atoms. The van der Waals surface area contributed by atoms with Gasteiger partial charge < -0.3 is 9.84 Å². The number of aromatic nitrogens is 2. The Morgan fingerprint density at radius 3 is 2.58 bits per heavy atom. The van der Waals surface area contributed by atoms with Gasteiger partial charge in [0, 0.05) is 12.5 Å². The topological polar surface area (TPSA) is 55.2 Å². The number of hydrogen-bond acceptors (Lipinski definition) is 4. The van der Waals surface area contributed by atoms with Crippen molar-refractivity contribution in [2.24, 2.45) is 0 Å². The summed E-state index contributed by atoms with van der Waals surface area (Å²) < 4.78 is 5.51. The minimum Gasteiger partial charge on any atom is -0.475 e. The molecule has 100 valence electrons. The van der Waals surface area contributed by atoms with Gasteiger partial charge in [-0.2, -0.15) is 0 Å². The molecular weight excluding hydrogens is 240 g/mol. The van der Waals surface area contributed by atoms with Crippen LogP contribution in [0.1, 0.15) is 31.2 Å². The lowest BCUT2D eigenvalue weighted by Crippen LogP contribution is -2.09. The Labute approximate surface area is 113 Å². The van der Waals surface area contributed by atoms with E-state index >= 15 is 0 Å². The van der Waals surface area contributed by atoms with Crippen molar-refractivity contribution in [2.75, 3.05) is 0 Å². The summed E-state index contributed by atoms with van der Waals surface area (Å²) in [5, 5.41) is 10.1. The van der Waals surface area contributed by atoms with Crippen molar-refractivity contribution < 1.29 is 9.84 Å². The van der Waals surface area contributed by atoms with Gasteiger partial charge in [-0.1, -0.05) is 30.3 Å². The molecule has 0 spiro atoms. The Kier molecular flexibility index (Phi) is 4.47. The third-order valence-corrected chi connectivity index (χ3v) is 2.64. The van der Waals surface area contributed by atoms with E-state index < -0.39 is 6.10 Å². The van der Waals surface area contributed by atoms with Crippen LogP contribution in [0.4, 0.5) is 0 Å². The van der Waals surface area contributed by atoms with Gasteiger partial charge in [0.15, 0.2) is 0 Å². The van der Waals surface area contributed by atoms with Crippen molar-refractivity contribution in [1.82, 2.24) is 9.97 Å². The smallest absolute Gasteiger partial charge is 0.216 e. The van der Waals surface area contributed by atoms with Crippen LogP contribution in [0, 0.1) is 0 Å². The molecule has 0 radical (unpaired) electrons. The molecule has 1 aromatic carbocycles. The molecule has 0 amide bonds. The molecule has 0 fully saturated rings. The number of aliphatic hydroxyl groups is 1. The van der Waals surface area contributed by atoms with Crippen molar-refractivity contribution in [3.63, 3.8) is 0 Å². The average molecular weight is 258 g/mol. The fourth-order valence-electron chi connectivity index (χ4n) is 1.79. The van der Waals surface area contributed by atoms with Gasteiger partial charge in [0.2, 0.25) is 5.88 Å². The Morgan fingerprint density at radius 1 is 1.16 bits per heavy atom. The molecule has 1 unspecified atom stereocenters. The molecule has 2 rings (SSSR count). The van der Waals surface area contributed by atoms with E-state index in [-0.39, 0.29) is 6.10 Å². The lowest BCUT2D eigenvalue weighted by molar-refractivity contribution is 0.176. The van der Waals surface area contributed by atoms with Gasteiger partial charge in [-0.05, 0) is 19.4 Å². The third kappa shape index (κ3) is 4.03. The molecule has 0 saturated carbocycles. The van der Waals surface area contributed by atoms with Crippen molar-refractivity contribution in [1.29, 1.82) is 0 Å². The predicted octanol–water partition coefficient (Wildman–Crippen LogP) is 2.54.